The molecule has 0 saturated carbocycles. The predicted octanol–water partition coefficient (Wildman–Crippen LogP) is 4.30. The fourth-order valence-electron chi connectivity index (χ4n) is 3.02. The van der Waals surface area contributed by atoms with Crippen LogP contribution in [0.3, 0.4) is 0 Å². The number of ether oxygens (including phenoxy) is 1. The highest BCUT2D eigenvalue weighted by atomic mass is 32.2. The lowest BCUT2D eigenvalue weighted by atomic mass is 10.1. The Morgan fingerprint density at radius 3 is 2.81 bits per heavy atom. The lowest BCUT2D eigenvalue weighted by Crippen LogP contribution is -2.40. The summed E-state index contributed by atoms with van der Waals surface area (Å²) >= 11 is 1.59. The third kappa shape index (κ3) is 3.98. The molecule has 0 bridgehead atoms. The lowest BCUT2D eigenvalue weighted by molar-refractivity contribution is -0.118. The van der Waals surface area contributed by atoms with Gasteiger partial charge < -0.3 is 4.74 Å². The van der Waals surface area contributed by atoms with Crippen LogP contribution in [-0.2, 0) is 4.79 Å². The van der Waals surface area contributed by atoms with E-state index in [1.54, 1.807) is 16.7 Å². The van der Waals surface area contributed by atoms with Gasteiger partial charge in [-0.2, -0.15) is 4.98 Å². The first kappa shape index (κ1) is 18.6. The van der Waals surface area contributed by atoms with Crippen molar-refractivity contribution in [2.24, 2.45) is 0 Å². The van der Waals surface area contributed by atoms with E-state index in [9.17, 15) is 4.79 Å². The summed E-state index contributed by atoms with van der Waals surface area (Å²) in [7, 11) is 0. The van der Waals surface area contributed by atoms with E-state index in [0.717, 1.165) is 23.4 Å². The molecule has 3 rings (SSSR count). The summed E-state index contributed by atoms with van der Waals surface area (Å²) in [4.78, 5) is 18.3. The van der Waals surface area contributed by atoms with Crippen molar-refractivity contribution in [2.75, 3.05) is 10.7 Å². The van der Waals surface area contributed by atoms with Gasteiger partial charge in [-0.1, -0.05) is 56.1 Å². The lowest BCUT2D eigenvalue weighted by Gasteiger charge is -2.26. The number of carbonyl (C=O) groups excluding carboxylic acids is 1. The van der Waals surface area contributed by atoms with Crippen molar-refractivity contribution in [2.45, 2.75) is 57.8 Å². The summed E-state index contributed by atoms with van der Waals surface area (Å²) in [6, 6.07) is 7.62. The van der Waals surface area contributed by atoms with Crippen molar-refractivity contribution < 1.29 is 9.53 Å². The van der Waals surface area contributed by atoms with Crippen molar-refractivity contribution in [3.8, 4) is 17.1 Å². The average molecular weight is 372 g/mol. The molecule has 1 aliphatic rings. The van der Waals surface area contributed by atoms with Crippen molar-refractivity contribution in [3.63, 3.8) is 0 Å². The van der Waals surface area contributed by atoms with Crippen LogP contribution in [0.4, 0.5) is 5.69 Å². The van der Waals surface area contributed by atoms with Crippen LogP contribution in [0.15, 0.2) is 29.4 Å². The van der Waals surface area contributed by atoms with Gasteiger partial charge in [-0.25, -0.2) is 0 Å². The van der Waals surface area contributed by atoms with E-state index in [-0.39, 0.29) is 5.91 Å². The Kier molecular flexibility index (Phi) is 6.08. The first-order valence-electron chi connectivity index (χ1n) is 9.05. The normalized spacial score (nSPS) is 15.7. The van der Waals surface area contributed by atoms with Crippen molar-refractivity contribution >= 4 is 23.4 Å². The Bertz CT molecular complexity index is 784. The molecule has 7 heteroatoms. The molecule has 6 nitrogen and oxygen atoms in total. The quantitative estimate of drug-likeness (QED) is 0.556. The average Bonchev–Trinajstić information content (AvgIpc) is 2.74. The Hall–Kier alpha value is -2.15. The third-order valence-corrected chi connectivity index (χ3v) is 5.19. The second kappa shape index (κ2) is 8.49. The minimum absolute atomic E-state index is 0.0868. The fraction of sp³-hybridized carbons (Fsp3) is 0.474. The molecule has 1 amide bonds. The Morgan fingerprint density at radius 2 is 2.04 bits per heavy atom. The number of para-hydroxylation sites is 1. The Balaban J connectivity index is 1.87. The van der Waals surface area contributed by atoms with Crippen LogP contribution >= 0.6 is 11.8 Å². The van der Waals surface area contributed by atoms with Gasteiger partial charge in [-0.15, -0.1) is 10.2 Å². The number of hydrogen-bond donors (Lipinski definition) is 0. The zero-order chi connectivity index (χ0) is 18.5. The third-order valence-electron chi connectivity index (χ3n) is 4.27. The number of nitrogens with zero attached hydrogens (tertiary/aromatic N) is 4. The van der Waals surface area contributed by atoms with E-state index in [2.05, 4.69) is 22.1 Å². The number of amides is 1. The summed E-state index contributed by atoms with van der Waals surface area (Å²) in [5.41, 5.74) is 2.15. The number of thioether (sulfide) groups is 1. The topological polar surface area (TPSA) is 68.2 Å². The van der Waals surface area contributed by atoms with Crippen LogP contribution in [-0.4, -0.2) is 33.1 Å². The number of carbonyl (C=O) groups is 1. The van der Waals surface area contributed by atoms with E-state index in [1.165, 1.54) is 26.2 Å². The van der Waals surface area contributed by atoms with Gasteiger partial charge in [0.25, 0.3) is 0 Å². The maximum Gasteiger partial charge on any atom is 0.247 e. The Morgan fingerprint density at radius 1 is 1.23 bits per heavy atom. The van der Waals surface area contributed by atoms with Gasteiger partial charge >= 0.3 is 0 Å². The summed E-state index contributed by atoms with van der Waals surface area (Å²) in [5, 5.41) is 9.24. The largest absolute Gasteiger partial charge is 0.452 e. The van der Waals surface area contributed by atoms with Gasteiger partial charge in [-0.3, -0.25) is 9.69 Å². The maximum absolute atomic E-state index is 12.2. The van der Waals surface area contributed by atoms with Gasteiger partial charge in [0.2, 0.25) is 16.9 Å². The number of anilines is 1. The molecule has 0 saturated heterocycles. The number of unbranched alkanes of at least 4 members (excludes halogenated alkanes) is 3. The molecule has 0 spiro atoms. The highest BCUT2D eigenvalue weighted by Crippen LogP contribution is 2.39. The van der Waals surface area contributed by atoms with Gasteiger partial charge in [0.05, 0.1) is 5.69 Å². The van der Waals surface area contributed by atoms with Crippen LogP contribution in [0.25, 0.3) is 11.3 Å². The monoisotopic (exact) mass is 372 g/mol. The molecule has 0 aliphatic carbocycles. The standard InChI is InChI=1S/C19H24N4O2S/c1-4-5-6-9-12-26-19-20-18-17(21-22-19)15-10-7-8-11-16(15)23(13(2)24)14(3)25-18/h7-8,10-11,14H,4-6,9,12H2,1-3H3/t14-/m1/s1. The van der Waals surface area contributed by atoms with E-state index in [0.29, 0.717) is 16.7 Å². The Labute approximate surface area is 158 Å². The smallest absolute Gasteiger partial charge is 0.247 e. The predicted molar refractivity (Wildman–Crippen MR) is 103 cm³/mol. The van der Waals surface area contributed by atoms with E-state index >= 15 is 0 Å². The first-order chi connectivity index (χ1) is 12.6. The minimum Gasteiger partial charge on any atom is -0.452 e. The molecule has 0 fully saturated rings. The van der Waals surface area contributed by atoms with Gasteiger partial charge in [0, 0.05) is 18.2 Å². The molecular weight excluding hydrogens is 348 g/mol. The van der Waals surface area contributed by atoms with Gasteiger partial charge in [0.15, 0.2) is 11.9 Å². The molecule has 2 aromatic rings. The minimum atomic E-state index is -0.464. The summed E-state index contributed by atoms with van der Waals surface area (Å²) in [5.74, 6) is 1.31. The summed E-state index contributed by atoms with van der Waals surface area (Å²) in [6.45, 7) is 5.57. The molecule has 138 valence electrons. The molecule has 1 aromatic heterocycles. The van der Waals surface area contributed by atoms with Crippen molar-refractivity contribution in [1.29, 1.82) is 0 Å². The SMILES string of the molecule is CCCCCCSc1nnc2c(n1)O[C@H](C)N(C(C)=O)c1ccccc1-2. The van der Waals surface area contributed by atoms with Gasteiger partial charge in [0.1, 0.15) is 0 Å². The van der Waals surface area contributed by atoms with Crippen LogP contribution in [0.2, 0.25) is 0 Å². The molecular formula is C19H24N4O2S. The second-order valence-electron chi connectivity index (χ2n) is 6.28. The highest BCUT2D eigenvalue weighted by Gasteiger charge is 2.30. The number of fused-ring (bicyclic) bond motifs is 3. The molecule has 0 unspecified atom stereocenters. The van der Waals surface area contributed by atoms with E-state index in [4.69, 9.17) is 4.74 Å². The zero-order valence-corrected chi connectivity index (χ0v) is 16.3. The second-order valence-corrected chi connectivity index (χ2v) is 7.34. The number of rotatable bonds is 6. The summed E-state index contributed by atoms with van der Waals surface area (Å²) in [6.07, 6.45) is 4.36. The molecule has 1 aliphatic heterocycles. The fourth-order valence-corrected chi connectivity index (χ4v) is 3.80. The van der Waals surface area contributed by atoms with E-state index in [1.807, 2.05) is 31.2 Å². The van der Waals surface area contributed by atoms with Crippen LogP contribution in [0.5, 0.6) is 5.88 Å². The number of aromatic nitrogens is 3. The molecule has 1 atom stereocenters. The first-order valence-corrected chi connectivity index (χ1v) is 10.0. The van der Waals surface area contributed by atoms with Crippen molar-refractivity contribution in [3.05, 3.63) is 24.3 Å². The molecule has 1 aromatic carbocycles. The van der Waals surface area contributed by atoms with Crippen molar-refractivity contribution in [1.82, 2.24) is 15.2 Å². The number of benzene rings is 1. The zero-order valence-electron chi connectivity index (χ0n) is 15.4. The van der Waals surface area contributed by atoms with Crippen LogP contribution in [0.1, 0.15) is 46.5 Å². The number of hydrogen-bond acceptors (Lipinski definition) is 6. The summed E-state index contributed by atoms with van der Waals surface area (Å²) < 4.78 is 5.98. The highest BCUT2D eigenvalue weighted by molar-refractivity contribution is 7.99. The maximum atomic E-state index is 12.2. The van der Waals surface area contributed by atoms with Crippen LogP contribution < -0.4 is 9.64 Å². The van der Waals surface area contributed by atoms with Gasteiger partial charge in [-0.05, 0) is 19.4 Å². The molecule has 0 radical (unpaired) electrons. The van der Waals surface area contributed by atoms with Crippen LogP contribution in [0, 0.1) is 0 Å². The molecule has 0 N–H and O–H groups in total. The molecule has 26 heavy (non-hydrogen) atoms. The van der Waals surface area contributed by atoms with E-state index < -0.39 is 6.23 Å². The molecule has 2 heterocycles.